The van der Waals surface area contributed by atoms with Gasteiger partial charge in [-0.3, -0.25) is 4.99 Å². The Bertz CT molecular complexity index is 1170. The number of hydrogen-bond donors (Lipinski definition) is 3. The van der Waals surface area contributed by atoms with E-state index in [1.54, 1.807) is 6.20 Å². The van der Waals surface area contributed by atoms with Crippen LogP contribution in [0.2, 0.25) is 0 Å². The van der Waals surface area contributed by atoms with Crippen LogP contribution in [0, 0.1) is 11.8 Å². The third kappa shape index (κ3) is 5.34. The van der Waals surface area contributed by atoms with Crippen molar-refractivity contribution in [2.24, 2.45) is 27.7 Å². The molecule has 2 aromatic rings. The van der Waals surface area contributed by atoms with Crippen LogP contribution in [0.25, 0.3) is 0 Å². The van der Waals surface area contributed by atoms with Gasteiger partial charge in [0.1, 0.15) is 24.3 Å². The highest BCUT2D eigenvalue weighted by molar-refractivity contribution is 6.00. The van der Waals surface area contributed by atoms with Gasteiger partial charge in [-0.05, 0) is 74.9 Å². The van der Waals surface area contributed by atoms with Gasteiger partial charge in [-0.2, -0.15) is 10.8 Å². The number of nitrogens with two attached hydrogens (primary N) is 1. The number of benzene rings is 2. The number of nitrogens with zero attached hydrogens (tertiary/aromatic N) is 3. The summed E-state index contributed by atoms with van der Waals surface area (Å²) in [5.74, 6) is 9.63. The Hall–Kier alpha value is -3.10. The van der Waals surface area contributed by atoms with Gasteiger partial charge >= 0.3 is 0 Å². The molecule has 2 aliphatic heterocycles. The summed E-state index contributed by atoms with van der Waals surface area (Å²) in [6, 6.07) is 18.2. The minimum atomic E-state index is 0.0453. The van der Waals surface area contributed by atoms with E-state index >= 15 is 0 Å². The molecular weight excluding hydrogens is 450 g/mol. The van der Waals surface area contributed by atoms with Crippen molar-refractivity contribution in [3.63, 3.8) is 0 Å². The third-order valence-corrected chi connectivity index (χ3v) is 7.34. The van der Waals surface area contributed by atoms with Crippen molar-refractivity contribution in [3.8, 4) is 5.75 Å². The maximum absolute atomic E-state index is 8.98. The van der Waals surface area contributed by atoms with Crippen molar-refractivity contribution in [2.75, 3.05) is 19.7 Å². The topological polar surface area (TPSA) is 92.2 Å². The number of aliphatic imine (C=N–C) groups is 2. The van der Waals surface area contributed by atoms with Crippen LogP contribution in [0.15, 0.2) is 88.4 Å². The molecule has 1 saturated carbocycles. The summed E-state index contributed by atoms with van der Waals surface area (Å²) >= 11 is 0. The Morgan fingerprint density at radius 2 is 1.89 bits per heavy atom. The molecule has 36 heavy (non-hydrogen) atoms. The molecule has 3 aliphatic rings. The molecule has 1 atom stereocenters. The summed E-state index contributed by atoms with van der Waals surface area (Å²) in [6.07, 6.45) is 10.9. The third-order valence-electron chi connectivity index (χ3n) is 7.34. The van der Waals surface area contributed by atoms with E-state index in [-0.39, 0.29) is 11.2 Å². The van der Waals surface area contributed by atoms with Gasteiger partial charge in [-0.25, -0.2) is 0 Å². The first-order valence-corrected chi connectivity index (χ1v) is 13.0. The largest absolute Gasteiger partial charge is 0.489 e. The van der Waals surface area contributed by atoms with Gasteiger partial charge in [0, 0.05) is 12.5 Å². The van der Waals surface area contributed by atoms with E-state index in [4.69, 9.17) is 20.7 Å². The molecule has 1 fully saturated rings. The highest BCUT2D eigenvalue weighted by atomic mass is 16.5. The second-order valence-corrected chi connectivity index (χ2v) is 9.86. The fourth-order valence-electron chi connectivity index (χ4n) is 5.32. The molecule has 2 aromatic carbocycles. The molecule has 4 N–H and O–H groups in total. The molecule has 0 radical (unpaired) electrons. The zero-order valence-electron chi connectivity index (χ0n) is 20.7. The summed E-state index contributed by atoms with van der Waals surface area (Å²) < 4.78 is 6.13. The number of allylic oxidation sites excluding steroid dienone is 2. The Kier molecular flexibility index (Phi) is 7.72. The highest BCUT2D eigenvalue weighted by Gasteiger charge is 2.46. The number of aliphatic hydroxyl groups is 1. The predicted molar refractivity (Wildman–Crippen MR) is 143 cm³/mol. The predicted octanol–water partition coefficient (Wildman–Crippen LogP) is 4.26. The van der Waals surface area contributed by atoms with Crippen LogP contribution < -0.4 is 15.9 Å². The lowest BCUT2D eigenvalue weighted by Crippen LogP contribution is -2.53. The number of fused-ring (bicyclic) bond motifs is 1. The van der Waals surface area contributed by atoms with Crippen molar-refractivity contribution in [3.05, 3.63) is 89.5 Å². The minimum absolute atomic E-state index is 0.0453. The summed E-state index contributed by atoms with van der Waals surface area (Å²) in [5, 5.41) is 12.5. The maximum Gasteiger partial charge on any atom is 0.265 e. The summed E-state index contributed by atoms with van der Waals surface area (Å²) in [7, 11) is 0. The van der Waals surface area contributed by atoms with Crippen LogP contribution in [0.3, 0.4) is 0 Å². The van der Waals surface area contributed by atoms with Gasteiger partial charge in [-0.15, -0.1) is 4.59 Å². The Morgan fingerprint density at radius 3 is 2.69 bits per heavy atom. The van der Waals surface area contributed by atoms with Crippen molar-refractivity contribution in [1.29, 1.82) is 0 Å². The van der Waals surface area contributed by atoms with E-state index in [1.165, 1.54) is 12.8 Å². The van der Waals surface area contributed by atoms with Crippen LogP contribution in [0.1, 0.15) is 43.2 Å². The first-order chi connectivity index (χ1) is 17.7. The minimum Gasteiger partial charge on any atom is -0.489 e. The molecule has 1 unspecified atom stereocenters. The number of nitrogens with one attached hydrogen (secondary N) is 1. The number of amidine groups is 1. The number of aliphatic hydroxyl groups excluding tert-OH is 1. The Balaban J connectivity index is 1.31. The van der Waals surface area contributed by atoms with Gasteiger partial charge in [0.15, 0.2) is 0 Å². The zero-order chi connectivity index (χ0) is 24.8. The van der Waals surface area contributed by atoms with E-state index < -0.39 is 0 Å². The first-order valence-electron chi connectivity index (χ1n) is 13.0. The van der Waals surface area contributed by atoms with Crippen molar-refractivity contribution < 1.29 is 14.4 Å². The van der Waals surface area contributed by atoms with Crippen LogP contribution in [0.4, 0.5) is 0 Å². The van der Waals surface area contributed by atoms with Crippen molar-refractivity contribution in [1.82, 2.24) is 5.32 Å². The number of hydrogen-bond acceptors (Lipinski definition) is 6. The molecule has 7 heteroatoms. The van der Waals surface area contributed by atoms with Gasteiger partial charge < -0.3 is 15.2 Å². The van der Waals surface area contributed by atoms with E-state index in [9.17, 15) is 0 Å². The van der Waals surface area contributed by atoms with E-state index in [1.807, 2.05) is 48.8 Å². The molecule has 0 aromatic heterocycles. The molecule has 0 amide bonds. The number of quaternary nitrogens is 1. The lowest BCUT2D eigenvalue weighted by Gasteiger charge is -2.29. The quantitative estimate of drug-likeness (QED) is 0.266. The van der Waals surface area contributed by atoms with Crippen LogP contribution in [0.5, 0.6) is 5.75 Å². The molecule has 0 saturated heterocycles. The standard InChI is InChI=1S/C29H36N5O2/c30-34-16-15-32-20-27(34)28(24-12-10-22(11-13-24)19-31-14-5-17-35)33-29(34)25-8-4-9-26(18-25)36-21-23-6-2-1-3-7-23/h1-4,6-9,15-16,18,20,22,24,31,35H,5,10-14,17,19,21,30H2/q+1. The summed E-state index contributed by atoms with van der Waals surface area (Å²) in [4.78, 5) is 9.58. The fraction of sp³-hybridized carbons (Fsp3) is 0.379. The normalized spacial score (nSPS) is 25.1. The van der Waals surface area contributed by atoms with Crippen LogP contribution >= 0.6 is 0 Å². The SMILES string of the molecule is N[N+]12C=CN=CC1=C(C1CCC(CNCCCO)CC1)N=C2c1cccc(OCc2ccccc2)c1. The zero-order valence-corrected chi connectivity index (χ0v) is 20.7. The molecule has 0 bridgehead atoms. The smallest absolute Gasteiger partial charge is 0.265 e. The summed E-state index contributed by atoms with van der Waals surface area (Å²) in [6.45, 7) is 2.65. The highest BCUT2D eigenvalue weighted by Crippen LogP contribution is 2.41. The molecule has 0 spiro atoms. The molecule has 2 heterocycles. The van der Waals surface area contributed by atoms with Gasteiger partial charge in [0.05, 0.1) is 18.0 Å². The molecule has 5 rings (SSSR count). The first kappa shape index (κ1) is 24.6. The van der Waals surface area contributed by atoms with Gasteiger partial charge in [0.2, 0.25) is 5.70 Å². The molecule has 7 nitrogen and oxygen atoms in total. The molecule has 1 aliphatic carbocycles. The maximum atomic E-state index is 8.98. The van der Waals surface area contributed by atoms with E-state index in [2.05, 4.69) is 28.5 Å². The van der Waals surface area contributed by atoms with Crippen molar-refractivity contribution >= 4 is 12.1 Å². The van der Waals surface area contributed by atoms with Crippen LogP contribution in [-0.2, 0) is 6.61 Å². The van der Waals surface area contributed by atoms with Crippen molar-refractivity contribution in [2.45, 2.75) is 38.7 Å². The van der Waals surface area contributed by atoms with E-state index in [0.717, 1.165) is 66.5 Å². The Labute approximate surface area is 213 Å². The lowest BCUT2D eigenvalue weighted by molar-refractivity contribution is -0.750. The second kappa shape index (κ2) is 11.3. The number of rotatable bonds is 10. The number of ether oxygens (including phenoxy) is 1. The summed E-state index contributed by atoms with van der Waals surface area (Å²) in [5.41, 5.74) is 4.12. The molecular formula is C29H36N5O2+. The molecule has 188 valence electrons. The average Bonchev–Trinajstić information content (AvgIpc) is 3.24. The van der Waals surface area contributed by atoms with Gasteiger partial charge in [-0.1, -0.05) is 36.4 Å². The monoisotopic (exact) mass is 486 g/mol. The van der Waals surface area contributed by atoms with Crippen LogP contribution in [-0.4, -0.2) is 41.4 Å². The Morgan fingerprint density at radius 1 is 1.06 bits per heavy atom. The van der Waals surface area contributed by atoms with E-state index in [0.29, 0.717) is 18.4 Å². The lowest BCUT2D eigenvalue weighted by atomic mass is 9.80. The second-order valence-electron chi connectivity index (χ2n) is 9.86. The van der Waals surface area contributed by atoms with Gasteiger partial charge in [0.25, 0.3) is 5.84 Å². The fourth-order valence-corrected chi connectivity index (χ4v) is 5.32. The average molecular weight is 487 g/mol.